The zero-order chi connectivity index (χ0) is 25.3. The monoisotopic (exact) mass is 495 g/mol. The van der Waals surface area contributed by atoms with E-state index in [1.165, 1.54) is 14.2 Å². The Hall–Kier alpha value is -3.58. The Balaban J connectivity index is 1.90. The molecule has 1 aliphatic carbocycles. The summed E-state index contributed by atoms with van der Waals surface area (Å²) in [6.07, 6.45) is 0.361. The van der Waals surface area contributed by atoms with Crippen LogP contribution in [0.25, 0.3) is 0 Å². The van der Waals surface area contributed by atoms with Crippen molar-refractivity contribution in [3.05, 3.63) is 87.2 Å². The van der Waals surface area contributed by atoms with Crippen molar-refractivity contribution < 1.29 is 28.6 Å². The third-order valence-corrected chi connectivity index (χ3v) is 6.98. The van der Waals surface area contributed by atoms with E-state index in [4.69, 9.17) is 25.8 Å². The zero-order valence-corrected chi connectivity index (χ0v) is 20.6. The third kappa shape index (κ3) is 4.32. The first kappa shape index (κ1) is 24.5. The van der Waals surface area contributed by atoms with Crippen LogP contribution in [-0.4, -0.2) is 39.1 Å². The molecule has 0 aromatic heterocycles. The van der Waals surface area contributed by atoms with Crippen LogP contribution < -0.4 is 10.1 Å². The quantitative estimate of drug-likeness (QED) is 0.489. The van der Waals surface area contributed by atoms with Gasteiger partial charge in [-0.05, 0) is 42.7 Å². The van der Waals surface area contributed by atoms with E-state index in [1.54, 1.807) is 50.4 Å². The largest absolute Gasteiger partial charge is 0.497 e. The molecular weight excluding hydrogens is 470 g/mol. The molecule has 0 spiro atoms. The van der Waals surface area contributed by atoms with E-state index in [0.29, 0.717) is 39.7 Å². The fourth-order valence-electron chi connectivity index (χ4n) is 5.00. The Kier molecular flexibility index (Phi) is 6.98. The number of carbonyl (C=O) groups excluding carboxylic acids is 3. The van der Waals surface area contributed by atoms with Gasteiger partial charge in [0.1, 0.15) is 11.7 Å². The van der Waals surface area contributed by atoms with Gasteiger partial charge in [-0.3, -0.25) is 9.59 Å². The van der Waals surface area contributed by atoms with E-state index in [2.05, 4.69) is 5.32 Å². The van der Waals surface area contributed by atoms with E-state index in [0.717, 1.165) is 5.56 Å². The molecule has 0 amide bonds. The first-order valence-electron chi connectivity index (χ1n) is 11.1. The molecule has 2 aromatic carbocycles. The van der Waals surface area contributed by atoms with Crippen molar-refractivity contribution in [2.45, 2.75) is 25.2 Å². The van der Waals surface area contributed by atoms with Crippen molar-refractivity contribution in [2.24, 2.45) is 5.92 Å². The first-order chi connectivity index (χ1) is 16.8. The number of dihydropyridines is 1. The highest BCUT2D eigenvalue weighted by atomic mass is 35.5. The number of carbonyl (C=O) groups is 3. The molecular formula is C27H26ClNO6. The number of rotatable bonds is 5. The molecule has 2 aliphatic rings. The summed E-state index contributed by atoms with van der Waals surface area (Å²) in [5, 5.41) is 3.65. The highest BCUT2D eigenvalue weighted by Gasteiger charge is 2.49. The van der Waals surface area contributed by atoms with Crippen molar-refractivity contribution in [3.63, 3.8) is 0 Å². The molecule has 3 unspecified atom stereocenters. The molecule has 3 atom stereocenters. The molecule has 0 fully saturated rings. The summed E-state index contributed by atoms with van der Waals surface area (Å²) >= 11 is 6.54. The van der Waals surface area contributed by atoms with Crippen LogP contribution in [0.15, 0.2) is 71.1 Å². The van der Waals surface area contributed by atoms with Crippen LogP contribution in [0.2, 0.25) is 5.02 Å². The number of benzene rings is 2. The van der Waals surface area contributed by atoms with Crippen LogP contribution >= 0.6 is 11.6 Å². The molecule has 4 rings (SSSR count). The van der Waals surface area contributed by atoms with Crippen LogP contribution in [0.4, 0.5) is 0 Å². The number of hydrogen-bond donors (Lipinski definition) is 1. The zero-order valence-electron chi connectivity index (χ0n) is 19.9. The number of allylic oxidation sites excluding steroid dienone is 3. The van der Waals surface area contributed by atoms with Gasteiger partial charge in [0.15, 0.2) is 5.78 Å². The fourth-order valence-corrected chi connectivity index (χ4v) is 5.24. The first-order valence-corrected chi connectivity index (χ1v) is 11.5. The predicted molar refractivity (Wildman–Crippen MR) is 130 cm³/mol. The number of ketones is 1. The second-order valence-corrected chi connectivity index (χ2v) is 8.86. The van der Waals surface area contributed by atoms with Gasteiger partial charge in [-0.25, -0.2) is 4.79 Å². The van der Waals surface area contributed by atoms with Gasteiger partial charge in [0.2, 0.25) is 0 Å². The van der Waals surface area contributed by atoms with E-state index in [9.17, 15) is 14.4 Å². The second kappa shape index (κ2) is 9.96. The van der Waals surface area contributed by atoms with Crippen LogP contribution in [0.3, 0.4) is 0 Å². The Bertz CT molecular complexity index is 1250. The molecule has 182 valence electrons. The third-order valence-electron chi connectivity index (χ3n) is 6.64. The second-order valence-electron chi connectivity index (χ2n) is 8.45. The van der Waals surface area contributed by atoms with Crippen LogP contribution in [-0.2, 0) is 23.9 Å². The predicted octanol–water partition coefficient (Wildman–Crippen LogP) is 4.28. The van der Waals surface area contributed by atoms with Crippen molar-refractivity contribution in [3.8, 4) is 5.75 Å². The number of hydrogen-bond acceptors (Lipinski definition) is 7. The summed E-state index contributed by atoms with van der Waals surface area (Å²) in [6, 6.07) is 14.3. The SMILES string of the molecule is COC(=O)C1=C(C)NC2=C(C(=O)C(C(=O)OC)C(c3ccc(OC)cc3)C2)C1c1ccccc1Cl. The highest BCUT2D eigenvalue weighted by molar-refractivity contribution is 6.31. The standard InChI is InChI=1S/C27H26ClNO6/c1-14-21(26(31)34-3)22(17-7-5-6-8-19(17)28)24-20(29-14)13-18(23(25(24)30)27(32)35-4)15-9-11-16(33-2)12-10-15/h5-12,18,22-23,29H,13H2,1-4H3. The average Bonchev–Trinajstić information content (AvgIpc) is 2.87. The molecule has 8 heteroatoms. The molecule has 35 heavy (non-hydrogen) atoms. The van der Waals surface area contributed by atoms with Crippen molar-refractivity contribution in [1.82, 2.24) is 5.32 Å². The number of ether oxygens (including phenoxy) is 3. The van der Waals surface area contributed by atoms with Gasteiger partial charge in [0.25, 0.3) is 0 Å². The van der Waals surface area contributed by atoms with Gasteiger partial charge < -0.3 is 19.5 Å². The summed E-state index contributed by atoms with van der Waals surface area (Å²) in [7, 11) is 4.12. The minimum Gasteiger partial charge on any atom is -0.497 e. The lowest BCUT2D eigenvalue weighted by Crippen LogP contribution is -2.43. The maximum atomic E-state index is 14.1. The summed E-state index contributed by atoms with van der Waals surface area (Å²) < 4.78 is 15.4. The highest BCUT2D eigenvalue weighted by Crippen LogP contribution is 2.49. The lowest BCUT2D eigenvalue weighted by Gasteiger charge is -2.39. The maximum absolute atomic E-state index is 14.1. The Labute approximate surface area is 208 Å². The van der Waals surface area contributed by atoms with Crippen LogP contribution in [0.1, 0.15) is 36.3 Å². The maximum Gasteiger partial charge on any atom is 0.336 e. The minimum absolute atomic E-state index is 0.277. The molecule has 1 N–H and O–H groups in total. The lowest BCUT2D eigenvalue weighted by atomic mass is 9.67. The summed E-state index contributed by atoms with van der Waals surface area (Å²) in [4.78, 5) is 39.9. The number of esters is 2. The molecule has 0 saturated heterocycles. The van der Waals surface area contributed by atoms with Gasteiger partial charge in [0.05, 0.1) is 26.9 Å². The van der Waals surface area contributed by atoms with Gasteiger partial charge in [0, 0.05) is 33.8 Å². The van der Waals surface area contributed by atoms with Crippen LogP contribution in [0, 0.1) is 5.92 Å². The van der Waals surface area contributed by atoms with E-state index >= 15 is 0 Å². The summed E-state index contributed by atoms with van der Waals surface area (Å²) in [5.74, 6) is -3.30. The topological polar surface area (TPSA) is 90.9 Å². The van der Waals surface area contributed by atoms with Crippen molar-refractivity contribution in [1.29, 1.82) is 0 Å². The smallest absolute Gasteiger partial charge is 0.336 e. The van der Waals surface area contributed by atoms with Gasteiger partial charge in [-0.2, -0.15) is 0 Å². The number of halogens is 1. The Morgan fingerprint density at radius 2 is 1.69 bits per heavy atom. The molecule has 0 saturated carbocycles. The van der Waals surface area contributed by atoms with Gasteiger partial charge in [-0.1, -0.05) is 41.9 Å². The summed E-state index contributed by atoms with van der Waals surface area (Å²) in [6.45, 7) is 1.76. The number of nitrogens with one attached hydrogen (secondary N) is 1. The molecule has 2 aromatic rings. The van der Waals surface area contributed by atoms with Gasteiger partial charge >= 0.3 is 11.9 Å². The molecule has 1 heterocycles. The number of Topliss-reactive ketones (excluding diaryl/α,β-unsaturated/α-hetero) is 1. The fraction of sp³-hybridized carbons (Fsp3) is 0.296. The van der Waals surface area contributed by atoms with E-state index < -0.39 is 35.5 Å². The minimum atomic E-state index is -1.09. The van der Waals surface area contributed by atoms with E-state index in [-0.39, 0.29) is 5.57 Å². The molecule has 1 aliphatic heterocycles. The average molecular weight is 496 g/mol. The molecule has 0 radical (unpaired) electrons. The summed E-state index contributed by atoms with van der Waals surface area (Å²) in [5.41, 5.74) is 3.20. The van der Waals surface area contributed by atoms with Gasteiger partial charge in [-0.15, -0.1) is 0 Å². The van der Waals surface area contributed by atoms with Crippen LogP contribution in [0.5, 0.6) is 5.75 Å². The molecule has 7 nitrogen and oxygen atoms in total. The molecule has 0 bridgehead atoms. The number of methoxy groups -OCH3 is 3. The Morgan fingerprint density at radius 1 is 1.00 bits per heavy atom. The normalized spacial score (nSPS) is 21.7. The Morgan fingerprint density at radius 3 is 2.29 bits per heavy atom. The van der Waals surface area contributed by atoms with Crippen molar-refractivity contribution in [2.75, 3.05) is 21.3 Å². The lowest BCUT2D eigenvalue weighted by molar-refractivity contribution is -0.150. The van der Waals surface area contributed by atoms with E-state index in [1.807, 2.05) is 12.1 Å². The van der Waals surface area contributed by atoms with Crippen molar-refractivity contribution >= 4 is 29.3 Å².